The SMILES string of the molecule is COC(=O)c1ccc2c(c1)c(=NCC(O)CNC(=O)CCC(=O)O[C@@H]1O[C@@H]3O[C@@]4(C)CC[C@H]5CCC[C@@H]([C@H]1C)[C@]53OO4)c1c3ccccc3[nH]c1n2C. The topological polar surface area (TPSA) is 172 Å². The molecule has 1 spiro atoms. The summed E-state index contributed by atoms with van der Waals surface area (Å²) in [6.07, 6.45) is 1.66. The summed E-state index contributed by atoms with van der Waals surface area (Å²) < 4.78 is 25.4. The molecule has 4 saturated heterocycles. The number of carbonyl (C=O) groups excluding carboxylic acids is 3. The molecule has 9 rings (SSSR count). The van der Waals surface area contributed by atoms with Crippen LogP contribution in [0.25, 0.3) is 32.8 Å². The summed E-state index contributed by atoms with van der Waals surface area (Å²) >= 11 is 0. The van der Waals surface area contributed by atoms with Crippen molar-refractivity contribution in [3.63, 3.8) is 0 Å². The second kappa shape index (κ2) is 13.8. The third-order valence-electron chi connectivity index (χ3n) is 11.7. The van der Waals surface area contributed by atoms with Crippen molar-refractivity contribution < 1.29 is 48.2 Å². The lowest BCUT2D eigenvalue weighted by atomic mass is 9.61. The van der Waals surface area contributed by atoms with Crippen LogP contribution < -0.4 is 10.7 Å². The second-order valence-corrected chi connectivity index (χ2v) is 15.1. The molecule has 4 aliphatic heterocycles. The largest absolute Gasteiger partial charge is 0.465 e. The second-order valence-electron chi connectivity index (χ2n) is 15.1. The van der Waals surface area contributed by atoms with E-state index in [0.29, 0.717) is 22.7 Å². The van der Waals surface area contributed by atoms with Gasteiger partial charge in [0.05, 0.1) is 48.0 Å². The van der Waals surface area contributed by atoms with Gasteiger partial charge >= 0.3 is 11.9 Å². The van der Waals surface area contributed by atoms with Gasteiger partial charge in [0.1, 0.15) is 5.65 Å². The number of methoxy groups -OCH3 is 1. The van der Waals surface area contributed by atoms with Gasteiger partial charge in [0.2, 0.25) is 18.0 Å². The number of aliphatic hydroxyl groups excluding tert-OH is 1. The Morgan fingerprint density at radius 1 is 1.11 bits per heavy atom. The number of carbonyl (C=O) groups is 3. The van der Waals surface area contributed by atoms with Crippen molar-refractivity contribution in [1.29, 1.82) is 0 Å². The van der Waals surface area contributed by atoms with Gasteiger partial charge in [0.15, 0.2) is 11.9 Å². The van der Waals surface area contributed by atoms with E-state index in [-0.39, 0.29) is 43.7 Å². The Morgan fingerprint density at radius 3 is 2.77 bits per heavy atom. The van der Waals surface area contributed by atoms with Gasteiger partial charge < -0.3 is 38.9 Å². The van der Waals surface area contributed by atoms with Crippen LogP contribution in [-0.2, 0) is 45.4 Å². The summed E-state index contributed by atoms with van der Waals surface area (Å²) in [4.78, 5) is 58.5. The zero-order chi connectivity index (χ0) is 37.1. The maximum Gasteiger partial charge on any atom is 0.337 e. The Hall–Kier alpha value is -4.34. The number of hydrogen-bond acceptors (Lipinski definition) is 11. The number of H-pyrrole nitrogens is 1. The smallest absolute Gasteiger partial charge is 0.337 e. The Labute approximate surface area is 305 Å². The Balaban J connectivity index is 0.916. The highest BCUT2D eigenvalue weighted by molar-refractivity contribution is 6.10. The summed E-state index contributed by atoms with van der Waals surface area (Å²) in [5, 5.41) is 16.8. The molecule has 1 unspecified atom stereocenters. The van der Waals surface area contributed by atoms with Crippen LogP contribution in [-0.4, -0.2) is 82.8 Å². The molecule has 1 aliphatic carbocycles. The zero-order valence-electron chi connectivity index (χ0n) is 30.4. The molecule has 6 heterocycles. The normalized spacial score (nSPS) is 30.2. The highest BCUT2D eigenvalue weighted by Crippen LogP contribution is 2.59. The Bertz CT molecular complexity index is 2160. The van der Waals surface area contributed by atoms with Crippen LogP contribution in [0.2, 0.25) is 0 Å². The van der Waals surface area contributed by atoms with E-state index in [1.54, 1.807) is 12.1 Å². The van der Waals surface area contributed by atoms with Gasteiger partial charge in [-0.3, -0.25) is 14.6 Å². The molecular formula is C39H46N4O10. The van der Waals surface area contributed by atoms with Crippen molar-refractivity contribution in [2.75, 3.05) is 20.2 Å². The van der Waals surface area contributed by atoms with E-state index < -0.39 is 47.9 Å². The van der Waals surface area contributed by atoms with Crippen LogP contribution in [0.1, 0.15) is 69.2 Å². The van der Waals surface area contributed by atoms with E-state index in [2.05, 4.69) is 10.3 Å². The molecule has 1 saturated carbocycles. The molecule has 5 aliphatic rings. The van der Waals surface area contributed by atoms with Gasteiger partial charge in [-0.1, -0.05) is 31.5 Å². The predicted molar refractivity (Wildman–Crippen MR) is 191 cm³/mol. The number of hydrogen-bond donors (Lipinski definition) is 3. The number of benzene rings is 2. The van der Waals surface area contributed by atoms with Gasteiger partial charge in [-0.05, 0) is 56.4 Å². The third kappa shape index (κ3) is 6.19. The standard InChI is InChI=1S/C39H46N4O10/c1-21-27-10-7-8-23-16-17-38(2)51-37(39(23,27)53-52-38)50-36(21)49-31(46)15-14-30(45)40-19-24(44)20-41-33-26-18-22(35(47)48-4)12-13-29(26)43(3)34-32(33)25-9-5-6-11-28(25)42-34/h5-6,9,11-13,18,21,23-24,27,36-37,42,44H,7-8,10,14-17,19-20H2,1-4H3,(H,40,45)/t21-,23-,24?,27+,36-,37-,38-,39-/m1/s1. The maximum absolute atomic E-state index is 13.0. The number of esters is 2. The van der Waals surface area contributed by atoms with Gasteiger partial charge in [-0.2, -0.15) is 0 Å². The van der Waals surface area contributed by atoms with Crippen LogP contribution in [0.4, 0.5) is 0 Å². The summed E-state index contributed by atoms with van der Waals surface area (Å²) in [7, 11) is 3.27. The van der Waals surface area contributed by atoms with Crippen LogP contribution in [0.5, 0.6) is 0 Å². The number of fused-ring (bicyclic) bond motifs is 6. The van der Waals surface area contributed by atoms with Gasteiger partial charge in [0.25, 0.3) is 0 Å². The lowest BCUT2D eigenvalue weighted by Crippen LogP contribution is -2.69. The van der Waals surface area contributed by atoms with Crippen molar-refractivity contribution in [3.05, 3.63) is 53.4 Å². The number of aliphatic hydroxyl groups is 1. The van der Waals surface area contributed by atoms with Crippen LogP contribution in [0.15, 0.2) is 47.5 Å². The number of aryl methyl sites for hydroxylation is 1. The van der Waals surface area contributed by atoms with Crippen molar-refractivity contribution in [2.45, 2.75) is 88.9 Å². The molecule has 3 N–H and O–H groups in total. The first-order valence-electron chi connectivity index (χ1n) is 18.5. The molecule has 14 heteroatoms. The number of rotatable bonds is 9. The number of amides is 1. The molecule has 1 amide bonds. The van der Waals surface area contributed by atoms with E-state index >= 15 is 0 Å². The van der Waals surface area contributed by atoms with Gasteiger partial charge in [-0.25, -0.2) is 14.6 Å². The molecule has 14 nitrogen and oxygen atoms in total. The molecule has 2 aromatic carbocycles. The molecule has 2 bridgehead atoms. The maximum atomic E-state index is 13.0. The number of pyridine rings is 1. The quantitative estimate of drug-likeness (QED) is 0.167. The van der Waals surface area contributed by atoms with E-state index in [4.69, 9.17) is 33.7 Å². The number of nitrogens with zero attached hydrogens (tertiary/aromatic N) is 2. The minimum Gasteiger partial charge on any atom is -0.465 e. The molecule has 53 heavy (non-hydrogen) atoms. The molecule has 0 radical (unpaired) electrons. The minimum absolute atomic E-state index is 0.0225. The number of aromatic nitrogens is 2. The van der Waals surface area contributed by atoms with E-state index in [1.807, 2.05) is 55.8 Å². The molecule has 2 aromatic heterocycles. The lowest BCUT2D eigenvalue weighted by Gasteiger charge is -2.58. The summed E-state index contributed by atoms with van der Waals surface area (Å²) in [6, 6.07) is 13.1. The first kappa shape index (κ1) is 35.7. The lowest BCUT2D eigenvalue weighted by molar-refractivity contribution is -0.575. The van der Waals surface area contributed by atoms with Crippen molar-refractivity contribution in [1.82, 2.24) is 14.9 Å². The highest BCUT2D eigenvalue weighted by atomic mass is 17.3. The number of ether oxygens (including phenoxy) is 4. The van der Waals surface area contributed by atoms with Gasteiger partial charge in [0, 0.05) is 54.6 Å². The fourth-order valence-corrected chi connectivity index (χ4v) is 8.95. The highest BCUT2D eigenvalue weighted by Gasteiger charge is 2.68. The molecule has 8 atom stereocenters. The predicted octanol–water partition coefficient (Wildman–Crippen LogP) is 4.26. The fourth-order valence-electron chi connectivity index (χ4n) is 8.95. The number of para-hydroxylation sites is 1. The van der Waals surface area contributed by atoms with Crippen molar-refractivity contribution >= 4 is 50.7 Å². The molecular weight excluding hydrogens is 684 g/mol. The van der Waals surface area contributed by atoms with Crippen molar-refractivity contribution in [2.24, 2.45) is 29.8 Å². The average Bonchev–Trinajstić information content (AvgIpc) is 3.42. The average molecular weight is 731 g/mol. The first-order chi connectivity index (χ1) is 25.5. The molecule has 5 fully saturated rings. The third-order valence-corrected chi connectivity index (χ3v) is 11.7. The van der Waals surface area contributed by atoms with E-state index in [0.717, 1.165) is 53.1 Å². The Kier molecular flexibility index (Phi) is 9.30. The molecule has 4 aromatic rings. The number of aromatic amines is 1. The summed E-state index contributed by atoms with van der Waals surface area (Å²) in [5.41, 5.74) is 2.22. The zero-order valence-corrected chi connectivity index (χ0v) is 30.4. The van der Waals surface area contributed by atoms with Crippen molar-refractivity contribution in [3.8, 4) is 0 Å². The minimum atomic E-state index is -1.02. The molecule has 282 valence electrons. The monoisotopic (exact) mass is 730 g/mol. The van der Waals surface area contributed by atoms with Crippen LogP contribution in [0, 0.1) is 17.8 Å². The first-order valence-corrected chi connectivity index (χ1v) is 18.5. The summed E-state index contributed by atoms with van der Waals surface area (Å²) in [6.45, 7) is 3.73. The van der Waals surface area contributed by atoms with Gasteiger partial charge in [-0.15, -0.1) is 0 Å². The Morgan fingerprint density at radius 2 is 1.94 bits per heavy atom. The van der Waals surface area contributed by atoms with Crippen LogP contribution in [0.3, 0.4) is 0 Å². The van der Waals surface area contributed by atoms with Crippen LogP contribution >= 0.6 is 0 Å². The number of nitrogens with one attached hydrogen (secondary N) is 2. The summed E-state index contributed by atoms with van der Waals surface area (Å²) in [5.74, 6) is -2.28. The van der Waals surface area contributed by atoms with E-state index in [1.165, 1.54) is 7.11 Å². The fraction of sp³-hybridized carbons (Fsp3) is 0.538. The van der Waals surface area contributed by atoms with E-state index in [9.17, 15) is 19.5 Å².